The van der Waals surface area contributed by atoms with Crippen LogP contribution in [0.15, 0.2) is 12.3 Å². The molecule has 1 rings (SSSR count). The molecule has 0 radical (unpaired) electrons. The molecule has 0 atom stereocenters. The van der Waals surface area contributed by atoms with Crippen molar-refractivity contribution in [3.8, 4) is 0 Å². The van der Waals surface area contributed by atoms with Crippen LogP contribution in [0.5, 0.6) is 0 Å². The van der Waals surface area contributed by atoms with Gasteiger partial charge in [0.1, 0.15) is 5.69 Å². The summed E-state index contributed by atoms with van der Waals surface area (Å²) >= 11 is 4.93. The molecule has 0 bridgehead atoms. The summed E-state index contributed by atoms with van der Waals surface area (Å²) in [6.45, 7) is 0. The molecule has 0 aliphatic heterocycles. The number of hydrogen-bond donors (Lipinski definition) is 0. The van der Waals surface area contributed by atoms with Gasteiger partial charge in [0.2, 0.25) is 0 Å². The molecule has 1 aromatic heterocycles. The predicted molar refractivity (Wildman–Crippen MR) is 39.3 cm³/mol. The lowest BCUT2D eigenvalue weighted by Gasteiger charge is -2.02. The smallest absolute Gasteiger partial charge is 0.275 e. The van der Waals surface area contributed by atoms with Crippen LogP contribution < -0.4 is 0 Å². The molecule has 0 amide bonds. The number of alkyl halides is 2. The van der Waals surface area contributed by atoms with Crippen LogP contribution in [0.4, 0.5) is 13.2 Å². The van der Waals surface area contributed by atoms with E-state index in [9.17, 15) is 18.0 Å². The summed E-state index contributed by atoms with van der Waals surface area (Å²) in [5, 5.41) is -1.12. The molecule has 0 unspecified atom stereocenters. The molecule has 0 fully saturated rings. The Morgan fingerprint density at radius 1 is 1.54 bits per heavy atom. The van der Waals surface area contributed by atoms with Crippen molar-refractivity contribution in [2.24, 2.45) is 0 Å². The summed E-state index contributed by atoms with van der Waals surface area (Å²) in [5.41, 5.74) is -1.65. The summed E-state index contributed by atoms with van der Waals surface area (Å²) in [6.07, 6.45) is -2.16. The third-order valence-corrected chi connectivity index (χ3v) is 1.54. The summed E-state index contributed by atoms with van der Waals surface area (Å²) in [6, 6.07) is 0.941. The number of aromatic nitrogens is 1. The Hall–Kier alpha value is -1.10. The van der Waals surface area contributed by atoms with Crippen LogP contribution in [0.3, 0.4) is 0 Å². The van der Waals surface area contributed by atoms with E-state index in [4.69, 9.17) is 11.6 Å². The van der Waals surface area contributed by atoms with Crippen LogP contribution in [0.2, 0.25) is 0 Å². The second kappa shape index (κ2) is 3.74. The van der Waals surface area contributed by atoms with Crippen LogP contribution in [-0.2, 0) is 0 Å². The van der Waals surface area contributed by atoms with Crippen molar-refractivity contribution in [1.82, 2.24) is 4.98 Å². The Labute approximate surface area is 76.3 Å². The largest absolute Gasteiger partial charge is 0.283 e. The normalized spacial score (nSPS) is 10.5. The van der Waals surface area contributed by atoms with E-state index in [1.54, 1.807) is 0 Å². The third kappa shape index (κ3) is 1.98. The van der Waals surface area contributed by atoms with E-state index in [1.165, 1.54) is 0 Å². The molecule has 0 saturated heterocycles. The third-order valence-electron chi connectivity index (χ3n) is 1.33. The van der Waals surface area contributed by atoms with Crippen molar-refractivity contribution < 1.29 is 18.0 Å². The molecule has 1 aromatic rings. The lowest BCUT2D eigenvalue weighted by atomic mass is 10.2. The van der Waals surface area contributed by atoms with E-state index in [0.29, 0.717) is 0 Å². The minimum Gasteiger partial charge on any atom is -0.275 e. The number of carbonyl (C=O) groups is 1. The summed E-state index contributed by atoms with van der Waals surface area (Å²) in [7, 11) is 0. The number of carbonyl (C=O) groups excluding carboxylic acids is 1. The predicted octanol–water partition coefficient (Wildman–Crippen LogP) is 2.54. The Morgan fingerprint density at radius 2 is 2.15 bits per heavy atom. The standard InChI is InChI=1S/C7H3ClF3NO/c8-6(13)3-1-2-12-5(4(3)9)7(10)11/h1-2,7H. The molecule has 13 heavy (non-hydrogen) atoms. The van der Waals surface area contributed by atoms with Gasteiger partial charge in [-0.1, -0.05) is 0 Å². The fourth-order valence-corrected chi connectivity index (χ4v) is 0.910. The fourth-order valence-electron chi connectivity index (χ4n) is 0.764. The van der Waals surface area contributed by atoms with Crippen molar-refractivity contribution in [3.63, 3.8) is 0 Å². The van der Waals surface area contributed by atoms with E-state index in [0.717, 1.165) is 12.3 Å². The summed E-state index contributed by atoms with van der Waals surface area (Å²) in [4.78, 5) is 13.6. The topological polar surface area (TPSA) is 30.0 Å². The first-order valence-electron chi connectivity index (χ1n) is 3.16. The number of nitrogens with zero attached hydrogens (tertiary/aromatic N) is 1. The highest BCUT2D eigenvalue weighted by Gasteiger charge is 2.20. The highest BCUT2D eigenvalue weighted by Crippen LogP contribution is 2.22. The van der Waals surface area contributed by atoms with Crippen LogP contribution >= 0.6 is 11.6 Å². The molecule has 0 aliphatic rings. The highest BCUT2D eigenvalue weighted by atomic mass is 35.5. The molecule has 2 nitrogen and oxygen atoms in total. The molecule has 0 aliphatic carbocycles. The molecular formula is C7H3ClF3NO. The van der Waals surface area contributed by atoms with Gasteiger partial charge in [-0.25, -0.2) is 13.2 Å². The Bertz CT molecular complexity index is 343. The van der Waals surface area contributed by atoms with Crippen LogP contribution in [0.25, 0.3) is 0 Å². The van der Waals surface area contributed by atoms with E-state index in [2.05, 4.69) is 4.98 Å². The van der Waals surface area contributed by atoms with Crippen molar-refractivity contribution >= 4 is 16.8 Å². The van der Waals surface area contributed by atoms with E-state index >= 15 is 0 Å². The average molecular weight is 210 g/mol. The van der Waals surface area contributed by atoms with E-state index in [1.807, 2.05) is 0 Å². The van der Waals surface area contributed by atoms with Crippen LogP contribution in [-0.4, -0.2) is 10.2 Å². The van der Waals surface area contributed by atoms with Gasteiger partial charge in [0.05, 0.1) is 5.56 Å². The van der Waals surface area contributed by atoms with E-state index < -0.39 is 28.7 Å². The fraction of sp³-hybridized carbons (Fsp3) is 0.143. The van der Waals surface area contributed by atoms with Crippen molar-refractivity contribution in [1.29, 1.82) is 0 Å². The van der Waals surface area contributed by atoms with Gasteiger partial charge >= 0.3 is 0 Å². The van der Waals surface area contributed by atoms with Gasteiger partial charge < -0.3 is 0 Å². The lowest BCUT2D eigenvalue weighted by Crippen LogP contribution is -2.02. The number of halogens is 4. The molecule has 0 N–H and O–H groups in total. The highest BCUT2D eigenvalue weighted by molar-refractivity contribution is 6.67. The Balaban J connectivity index is 3.26. The average Bonchev–Trinajstić information content (AvgIpc) is 2.03. The zero-order chi connectivity index (χ0) is 10.0. The molecule has 0 spiro atoms. The molecule has 70 valence electrons. The van der Waals surface area contributed by atoms with Crippen molar-refractivity contribution in [2.75, 3.05) is 0 Å². The minimum atomic E-state index is -3.06. The maximum absolute atomic E-state index is 12.9. The maximum atomic E-state index is 12.9. The van der Waals surface area contributed by atoms with Gasteiger partial charge in [0.25, 0.3) is 11.7 Å². The first kappa shape index (κ1) is 9.98. The van der Waals surface area contributed by atoms with Crippen molar-refractivity contribution in [2.45, 2.75) is 6.43 Å². The number of hydrogen-bond acceptors (Lipinski definition) is 2. The first-order valence-corrected chi connectivity index (χ1v) is 3.54. The molecular weight excluding hydrogens is 207 g/mol. The van der Waals surface area contributed by atoms with Gasteiger partial charge in [0, 0.05) is 6.20 Å². The van der Waals surface area contributed by atoms with E-state index in [-0.39, 0.29) is 0 Å². The van der Waals surface area contributed by atoms with Gasteiger partial charge in [0.15, 0.2) is 5.82 Å². The van der Waals surface area contributed by atoms with Gasteiger partial charge in [-0.15, -0.1) is 0 Å². The van der Waals surface area contributed by atoms with Crippen LogP contribution in [0, 0.1) is 5.82 Å². The number of pyridine rings is 1. The zero-order valence-electron chi connectivity index (χ0n) is 6.10. The molecule has 0 saturated carbocycles. The SMILES string of the molecule is O=C(Cl)c1ccnc(C(F)F)c1F. The zero-order valence-corrected chi connectivity index (χ0v) is 6.86. The summed E-state index contributed by atoms with van der Waals surface area (Å²) in [5.74, 6) is -1.36. The minimum absolute atomic E-state index is 0.591. The molecule has 6 heteroatoms. The van der Waals surface area contributed by atoms with Crippen LogP contribution in [0.1, 0.15) is 22.5 Å². The second-order valence-electron chi connectivity index (χ2n) is 2.13. The second-order valence-corrected chi connectivity index (χ2v) is 2.48. The lowest BCUT2D eigenvalue weighted by molar-refractivity contribution is 0.107. The Morgan fingerprint density at radius 3 is 2.62 bits per heavy atom. The summed E-state index contributed by atoms with van der Waals surface area (Å²) < 4.78 is 37.0. The van der Waals surface area contributed by atoms with Gasteiger partial charge in [-0.05, 0) is 17.7 Å². The first-order chi connectivity index (χ1) is 6.04. The molecule has 1 heterocycles. The Kier molecular flexibility index (Phi) is 2.87. The number of rotatable bonds is 2. The van der Waals surface area contributed by atoms with Gasteiger partial charge in [-0.2, -0.15) is 0 Å². The monoisotopic (exact) mass is 209 g/mol. The van der Waals surface area contributed by atoms with Crippen molar-refractivity contribution in [3.05, 3.63) is 29.3 Å². The maximum Gasteiger partial charge on any atom is 0.283 e. The molecule has 0 aromatic carbocycles. The quantitative estimate of drug-likeness (QED) is 0.701. The van der Waals surface area contributed by atoms with Gasteiger partial charge in [-0.3, -0.25) is 9.78 Å².